The predicted molar refractivity (Wildman–Crippen MR) is 93.7 cm³/mol. The fraction of sp³-hybridized carbons (Fsp3) is 0.684. The van der Waals surface area contributed by atoms with E-state index in [9.17, 15) is 0 Å². The summed E-state index contributed by atoms with van der Waals surface area (Å²) < 4.78 is 16.6. The van der Waals surface area contributed by atoms with Gasteiger partial charge in [-0.15, -0.1) is 0 Å². The summed E-state index contributed by atoms with van der Waals surface area (Å²) in [6.07, 6.45) is 3.57. The maximum Gasteiger partial charge on any atom is 0.203 e. The highest BCUT2D eigenvalue weighted by atomic mass is 16.5. The van der Waals surface area contributed by atoms with Crippen LogP contribution in [-0.4, -0.2) is 45.4 Å². The highest BCUT2D eigenvalue weighted by molar-refractivity contribution is 5.51. The maximum absolute atomic E-state index is 5.91. The molecule has 1 aromatic carbocycles. The summed E-state index contributed by atoms with van der Waals surface area (Å²) in [6.45, 7) is 9.06. The Morgan fingerprint density at radius 1 is 1.00 bits per heavy atom. The second kappa shape index (κ2) is 9.02. The third-order valence-electron chi connectivity index (χ3n) is 4.44. The first kappa shape index (κ1) is 17.9. The Bertz CT molecular complexity index is 445. The lowest BCUT2D eigenvalue weighted by molar-refractivity contribution is 0.136. The van der Waals surface area contributed by atoms with Crippen LogP contribution < -0.4 is 14.2 Å². The Morgan fingerprint density at radius 2 is 1.61 bits per heavy atom. The molecular weight excluding hydrogens is 290 g/mol. The largest absolute Gasteiger partial charge is 0.493 e. The van der Waals surface area contributed by atoms with Crippen LogP contribution in [0.2, 0.25) is 0 Å². The fourth-order valence-electron chi connectivity index (χ4n) is 3.55. The smallest absolute Gasteiger partial charge is 0.203 e. The zero-order valence-corrected chi connectivity index (χ0v) is 15.0. The summed E-state index contributed by atoms with van der Waals surface area (Å²) in [7, 11) is 3.31. The van der Waals surface area contributed by atoms with Gasteiger partial charge < -0.3 is 19.1 Å². The van der Waals surface area contributed by atoms with E-state index in [1.165, 1.54) is 26.1 Å². The number of methoxy groups -OCH3 is 2. The van der Waals surface area contributed by atoms with Crippen LogP contribution in [0.4, 0.5) is 0 Å². The van der Waals surface area contributed by atoms with Crippen LogP contribution in [0.3, 0.4) is 0 Å². The molecule has 2 atom stereocenters. The zero-order valence-electron chi connectivity index (χ0n) is 15.0. The molecule has 0 radical (unpaired) electrons. The average molecular weight is 321 g/mol. The van der Waals surface area contributed by atoms with Crippen LogP contribution in [-0.2, 0) is 0 Å². The molecule has 0 N–H and O–H groups in total. The van der Waals surface area contributed by atoms with Crippen LogP contribution in [0.5, 0.6) is 17.2 Å². The van der Waals surface area contributed by atoms with E-state index in [0.29, 0.717) is 12.4 Å². The van der Waals surface area contributed by atoms with Crippen LogP contribution in [0.15, 0.2) is 18.2 Å². The summed E-state index contributed by atoms with van der Waals surface area (Å²) in [5.74, 6) is 3.81. The average Bonchev–Trinajstić information content (AvgIpc) is 2.53. The number of piperidine rings is 1. The standard InChI is InChI=1S/C19H31NO3/c1-15-12-16(2)14-20(13-15)10-5-6-11-23-19-17(21-3)8-7-9-18(19)22-4/h7-9,15-16H,5-6,10-14H2,1-4H3/t15-,16+. The fourth-order valence-corrected chi connectivity index (χ4v) is 3.55. The van der Waals surface area contributed by atoms with Crippen molar-refractivity contribution in [3.05, 3.63) is 18.2 Å². The number of ether oxygens (including phenoxy) is 3. The summed E-state index contributed by atoms with van der Waals surface area (Å²) in [6, 6.07) is 5.70. The number of para-hydroxylation sites is 1. The molecule has 1 saturated heterocycles. The number of rotatable bonds is 8. The van der Waals surface area contributed by atoms with Crippen molar-refractivity contribution in [2.75, 3.05) is 40.5 Å². The second-order valence-corrected chi connectivity index (χ2v) is 6.75. The number of unbranched alkanes of at least 4 members (excludes halogenated alkanes) is 1. The van der Waals surface area contributed by atoms with Crippen molar-refractivity contribution in [1.82, 2.24) is 4.90 Å². The quantitative estimate of drug-likeness (QED) is 0.681. The van der Waals surface area contributed by atoms with Gasteiger partial charge in [0.1, 0.15) is 0 Å². The van der Waals surface area contributed by atoms with Gasteiger partial charge in [-0.2, -0.15) is 0 Å². The molecule has 0 aromatic heterocycles. The van der Waals surface area contributed by atoms with Crippen LogP contribution in [0, 0.1) is 11.8 Å². The molecule has 0 spiro atoms. The lowest BCUT2D eigenvalue weighted by atomic mass is 9.92. The third kappa shape index (κ3) is 5.31. The third-order valence-corrected chi connectivity index (χ3v) is 4.44. The molecule has 4 nitrogen and oxygen atoms in total. The highest BCUT2D eigenvalue weighted by Crippen LogP contribution is 2.36. The molecule has 0 bridgehead atoms. The molecule has 2 rings (SSSR count). The van der Waals surface area contributed by atoms with Gasteiger partial charge in [0.2, 0.25) is 5.75 Å². The van der Waals surface area contributed by atoms with Crippen molar-refractivity contribution in [3.8, 4) is 17.2 Å². The van der Waals surface area contributed by atoms with E-state index < -0.39 is 0 Å². The normalized spacial score (nSPS) is 21.9. The summed E-state index contributed by atoms with van der Waals surface area (Å²) >= 11 is 0. The molecule has 0 saturated carbocycles. The van der Waals surface area contributed by atoms with Crippen molar-refractivity contribution < 1.29 is 14.2 Å². The van der Waals surface area contributed by atoms with E-state index in [1.807, 2.05) is 18.2 Å². The van der Waals surface area contributed by atoms with Gasteiger partial charge in [-0.1, -0.05) is 19.9 Å². The van der Waals surface area contributed by atoms with E-state index in [4.69, 9.17) is 14.2 Å². The minimum Gasteiger partial charge on any atom is -0.493 e. The Hall–Kier alpha value is -1.42. The zero-order chi connectivity index (χ0) is 16.7. The Balaban J connectivity index is 1.73. The van der Waals surface area contributed by atoms with E-state index >= 15 is 0 Å². The lowest BCUT2D eigenvalue weighted by Gasteiger charge is -2.34. The minimum absolute atomic E-state index is 0.690. The van der Waals surface area contributed by atoms with Crippen LogP contribution in [0.25, 0.3) is 0 Å². The summed E-state index contributed by atoms with van der Waals surface area (Å²) in [4.78, 5) is 2.60. The molecule has 1 fully saturated rings. The molecular formula is C19H31NO3. The molecule has 1 aromatic rings. The molecule has 0 amide bonds. The highest BCUT2D eigenvalue weighted by Gasteiger charge is 2.21. The predicted octanol–water partition coefficient (Wildman–Crippen LogP) is 3.84. The number of hydrogen-bond acceptors (Lipinski definition) is 4. The number of benzene rings is 1. The Kier molecular flexibility index (Phi) is 7.03. The van der Waals surface area contributed by atoms with Gasteiger partial charge >= 0.3 is 0 Å². The molecule has 1 aliphatic heterocycles. The van der Waals surface area contributed by atoms with E-state index in [-0.39, 0.29) is 0 Å². The Labute approximate surface area is 140 Å². The van der Waals surface area contributed by atoms with Gasteiger partial charge in [-0.3, -0.25) is 0 Å². The van der Waals surface area contributed by atoms with E-state index in [1.54, 1.807) is 14.2 Å². The first-order valence-electron chi connectivity index (χ1n) is 8.70. The van der Waals surface area contributed by atoms with Crippen molar-refractivity contribution in [2.24, 2.45) is 11.8 Å². The number of likely N-dealkylation sites (tertiary alicyclic amines) is 1. The molecule has 1 aliphatic rings. The van der Waals surface area contributed by atoms with Crippen LogP contribution >= 0.6 is 0 Å². The monoisotopic (exact) mass is 321 g/mol. The van der Waals surface area contributed by atoms with E-state index in [0.717, 1.165) is 36.2 Å². The maximum atomic E-state index is 5.91. The first-order chi connectivity index (χ1) is 11.1. The summed E-state index contributed by atoms with van der Waals surface area (Å²) in [5, 5.41) is 0. The van der Waals surface area contributed by atoms with Gasteiger partial charge in [0.25, 0.3) is 0 Å². The molecule has 4 heteroatoms. The van der Waals surface area contributed by atoms with Crippen LogP contribution in [0.1, 0.15) is 33.1 Å². The first-order valence-corrected chi connectivity index (χ1v) is 8.70. The topological polar surface area (TPSA) is 30.9 Å². The number of nitrogens with zero attached hydrogens (tertiary/aromatic N) is 1. The van der Waals surface area contributed by atoms with E-state index in [2.05, 4.69) is 18.7 Å². The van der Waals surface area contributed by atoms with Crippen molar-refractivity contribution in [2.45, 2.75) is 33.1 Å². The molecule has 23 heavy (non-hydrogen) atoms. The van der Waals surface area contributed by atoms with Gasteiger partial charge in [0.05, 0.1) is 20.8 Å². The second-order valence-electron chi connectivity index (χ2n) is 6.75. The Morgan fingerprint density at radius 3 is 2.17 bits per heavy atom. The summed E-state index contributed by atoms with van der Waals surface area (Å²) in [5.41, 5.74) is 0. The molecule has 1 heterocycles. The molecule has 130 valence electrons. The van der Waals surface area contributed by atoms with Crippen molar-refractivity contribution in [1.29, 1.82) is 0 Å². The van der Waals surface area contributed by atoms with Crippen molar-refractivity contribution in [3.63, 3.8) is 0 Å². The minimum atomic E-state index is 0.690. The number of hydrogen-bond donors (Lipinski definition) is 0. The molecule has 0 unspecified atom stereocenters. The van der Waals surface area contributed by atoms with Gasteiger partial charge in [0.15, 0.2) is 11.5 Å². The van der Waals surface area contributed by atoms with Crippen molar-refractivity contribution >= 4 is 0 Å². The SMILES string of the molecule is COc1cccc(OC)c1OCCCCN1C[C@H](C)C[C@H](C)C1. The van der Waals surface area contributed by atoms with Gasteiger partial charge in [0, 0.05) is 13.1 Å². The lowest BCUT2D eigenvalue weighted by Crippen LogP contribution is -2.39. The van der Waals surface area contributed by atoms with Gasteiger partial charge in [-0.25, -0.2) is 0 Å². The van der Waals surface area contributed by atoms with Gasteiger partial charge in [-0.05, 0) is 49.8 Å². The molecule has 0 aliphatic carbocycles.